The van der Waals surface area contributed by atoms with Crippen LogP contribution in [0.15, 0.2) is 42.5 Å². The topological polar surface area (TPSA) is 20.3 Å². The van der Waals surface area contributed by atoms with Crippen molar-refractivity contribution in [2.75, 3.05) is 19.0 Å². The predicted octanol–water partition coefficient (Wildman–Crippen LogP) is 3.38. The average molecular weight is 257 g/mol. The summed E-state index contributed by atoms with van der Waals surface area (Å²) in [6, 6.07) is 12.4. The van der Waals surface area contributed by atoms with Crippen molar-refractivity contribution in [1.82, 2.24) is 0 Å². The first-order chi connectivity index (χ1) is 8.56. The number of rotatable bonds is 3. The van der Waals surface area contributed by atoms with Crippen molar-refractivity contribution in [3.05, 3.63) is 48.0 Å². The molecule has 0 aliphatic rings. The molecule has 0 spiro atoms. The SMILES string of the molecule is CN(C)c1ccc2cc(/C=C/C(=O)S)ccc2c1. The predicted molar refractivity (Wildman–Crippen MR) is 81.3 cm³/mol. The van der Waals surface area contributed by atoms with Crippen molar-refractivity contribution in [2.24, 2.45) is 0 Å². The first-order valence-corrected chi connectivity index (χ1v) is 6.13. The van der Waals surface area contributed by atoms with E-state index in [4.69, 9.17) is 0 Å². The number of anilines is 1. The fourth-order valence-corrected chi connectivity index (χ4v) is 1.88. The summed E-state index contributed by atoms with van der Waals surface area (Å²) in [6.45, 7) is 0. The number of fused-ring (bicyclic) bond motifs is 1. The molecule has 0 aliphatic carbocycles. The van der Waals surface area contributed by atoms with Crippen molar-refractivity contribution >= 4 is 40.3 Å². The Morgan fingerprint density at radius 1 is 1.11 bits per heavy atom. The molecule has 18 heavy (non-hydrogen) atoms. The van der Waals surface area contributed by atoms with Gasteiger partial charge in [-0.1, -0.05) is 24.3 Å². The van der Waals surface area contributed by atoms with Gasteiger partial charge in [0.25, 0.3) is 0 Å². The highest BCUT2D eigenvalue weighted by Crippen LogP contribution is 2.22. The third-order valence-electron chi connectivity index (χ3n) is 2.78. The Hall–Kier alpha value is -1.74. The van der Waals surface area contributed by atoms with E-state index in [-0.39, 0.29) is 5.12 Å². The zero-order valence-corrected chi connectivity index (χ0v) is 11.3. The maximum Gasteiger partial charge on any atom is 0.209 e. The lowest BCUT2D eigenvalue weighted by molar-refractivity contribution is -0.106. The van der Waals surface area contributed by atoms with E-state index in [2.05, 4.69) is 47.9 Å². The van der Waals surface area contributed by atoms with Gasteiger partial charge in [-0.05, 0) is 40.6 Å². The number of thiol groups is 1. The van der Waals surface area contributed by atoms with Crippen molar-refractivity contribution in [1.29, 1.82) is 0 Å². The summed E-state index contributed by atoms with van der Waals surface area (Å²) in [5.41, 5.74) is 2.18. The number of carbonyl (C=O) groups is 1. The number of carbonyl (C=O) groups excluding carboxylic acids is 1. The molecule has 2 aromatic carbocycles. The molecule has 0 saturated heterocycles. The van der Waals surface area contributed by atoms with Gasteiger partial charge >= 0.3 is 0 Å². The smallest absolute Gasteiger partial charge is 0.209 e. The van der Waals surface area contributed by atoms with Crippen molar-refractivity contribution in [3.8, 4) is 0 Å². The molecule has 2 rings (SSSR count). The first-order valence-electron chi connectivity index (χ1n) is 5.68. The summed E-state index contributed by atoms with van der Waals surface area (Å²) in [4.78, 5) is 12.8. The van der Waals surface area contributed by atoms with Gasteiger partial charge in [0.15, 0.2) is 0 Å². The minimum atomic E-state index is -0.238. The summed E-state index contributed by atoms with van der Waals surface area (Å²) in [5, 5.41) is 2.11. The van der Waals surface area contributed by atoms with Crippen LogP contribution < -0.4 is 4.90 Å². The highest BCUT2D eigenvalue weighted by Gasteiger charge is 1.99. The van der Waals surface area contributed by atoms with Crippen molar-refractivity contribution < 1.29 is 4.79 Å². The van der Waals surface area contributed by atoms with Gasteiger partial charge in [-0.25, -0.2) is 0 Å². The third kappa shape index (κ3) is 2.93. The van der Waals surface area contributed by atoms with Gasteiger partial charge in [-0.15, -0.1) is 12.6 Å². The third-order valence-corrected chi connectivity index (χ3v) is 2.93. The molecule has 0 amide bonds. The van der Waals surface area contributed by atoms with Crippen LogP contribution in [0.1, 0.15) is 5.56 Å². The van der Waals surface area contributed by atoms with Crippen LogP contribution in [0.5, 0.6) is 0 Å². The van der Waals surface area contributed by atoms with Crippen LogP contribution in [0.25, 0.3) is 16.8 Å². The Balaban J connectivity index is 2.41. The highest BCUT2D eigenvalue weighted by atomic mass is 32.1. The number of hydrogen-bond acceptors (Lipinski definition) is 2. The molecule has 2 nitrogen and oxygen atoms in total. The average Bonchev–Trinajstić information content (AvgIpc) is 2.35. The largest absolute Gasteiger partial charge is 0.378 e. The van der Waals surface area contributed by atoms with Crippen LogP contribution in [0.2, 0.25) is 0 Å². The van der Waals surface area contributed by atoms with E-state index in [1.807, 2.05) is 20.2 Å². The maximum atomic E-state index is 10.8. The van der Waals surface area contributed by atoms with Crippen LogP contribution in [0.4, 0.5) is 5.69 Å². The fraction of sp³-hybridized carbons (Fsp3) is 0.133. The molecule has 3 heteroatoms. The lowest BCUT2D eigenvalue weighted by atomic mass is 10.1. The normalized spacial score (nSPS) is 11.1. The number of benzene rings is 2. The summed E-state index contributed by atoms with van der Waals surface area (Å²) < 4.78 is 0. The monoisotopic (exact) mass is 257 g/mol. The van der Waals surface area contributed by atoms with Gasteiger partial charge in [0.05, 0.1) is 0 Å². The van der Waals surface area contributed by atoms with E-state index < -0.39 is 0 Å². The maximum absolute atomic E-state index is 10.8. The lowest BCUT2D eigenvalue weighted by Gasteiger charge is -2.13. The summed E-state index contributed by atoms with van der Waals surface area (Å²) in [7, 11) is 4.05. The fourth-order valence-electron chi connectivity index (χ4n) is 1.80. The zero-order valence-electron chi connectivity index (χ0n) is 10.4. The second kappa shape index (κ2) is 5.27. The molecule has 0 heterocycles. The van der Waals surface area contributed by atoms with E-state index in [9.17, 15) is 4.79 Å². The molecular formula is C15H15NOS. The van der Waals surface area contributed by atoms with E-state index in [0.29, 0.717) is 0 Å². The Labute approximate surface area is 112 Å². The van der Waals surface area contributed by atoms with Crippen LogP contribution in [-0.2, 0) is 4.79 Å². The minimum absolute atomic E-state index is 0.238. The zero-order chi connectivity index (χ0) is 13.1. The molecule has 0 unspecified atom stereocenters. The number of nitrogens with zero attached hydrogens (tertiary/aromatic N) is 1. The van der Waals surface area contributed by atoms with Crippen LogP contribution >= 0.6 is 12.6 Å². The van der Waals surface area contributed by atoms with E-state index in [0.717, 1.165) is 10.9 Å². The molecule has 2 aromatic rings. The van der Waals surface area contributed by atoms with E-state index in [1.54, 1.807) is 6.08 Å². The molecular weight excluding hydrogens is 242 g/mol. The molecule has 0 N–H and O–H groups in total. The minimum Gasteiger partial charge on any atom is -0.378 e. The lowest BCUT2D eigenvalue weighted by Crippen LogP contribution is -2.07. The molecule has 0 radical (unpaired) electrons. The second-order valence-corrected chi connectivity index (χ2v) is 4.80. The van der Waals surface area contributed by atoms with Gasteiger partial charge in [-0.2, -0.15) is 0 Å². The second-order valence-electron chi connectivity index (χ2n) is 4.36. The molecule has 0 aliphatic heterocycles. The van der Waals surface area contributed by atoms with Gasteiger partial charge < -0.3 is 4.90 Å². The molecule has 0 bridgehead atoms. The first kappa shape index (κ1) is 12.7. The summed E-state index contributed by atoms with van der Waals surface area (Å²) >= 11 is 3.71. The Morgan fingerprint density at radius 2 is 1.78 bits per heavy atom. The van der Waals surface area contributed by atoms with E-state index >= 15 is 0 Å². The molecule has 0 fully saturated rings. The Bertz CT molecular complexity index is 617. The molecule has 92 valence electrons. The molecule has 0 saturated carbocycles. The van der Waals surface area contributed by atoms with Crippen molar-refractivity contribution in [2.45, 2.75) is 0 Å². The standard InChI is InChI=1S/C15H15NOS/c1-16(2)14-7-6-12-9-11(4-8-15(17)18)3-5-13(12)10-14/h3-10H,1-2H3,(H,17,18)/b8-4+. The van der Waals surface area contributed by atoms with Crippen molar-refractivity contribution in [3.63, 3.8) is 0 Å². The van der Waals surface area contributed by atoms with Crippen LogP contribution in [-0.4, -0.2) is 19.2 Å². The number of hydrogen-bond donors (Lipinski definition) is 1. The van der Waals surface area contributed by atoms with Gasteiger partial charge in [0, 0.05) is 19.8 Å². The Kier molecular flexibility index (Phi) is 3.72. The van der Waals surface area contributed by atoms with Gasteiger partial charge in [0.1, 0.15) is 0 Å². The molecule has 0 aromatic heterocycles. The summed E-state index contributed by atoms with van der Waals surface area (Å²) in [6.07, 6.45) is 3.23. The summed E-state index contributed by atoms with van der Waals surface area (Å²) in [5.74, 6) is 0. The van der Waals surface area contributed by atoms with Crippen LogP contribution in [0.3, 0.4) is 0 Å². The van der Waals surface area contributed by atoms with Gasteiger partial charge in [0.2, 0.25) is 5.12 Å². The Morgan fingerprint density at radius 3 is 2.44 bits per heavy atom. The quantitative estimate of drug-likeness (QED) is 0.672. The van der Waals surface area contributed by atoms with Crippen LogP contribution in [0, 0.1) is 0 Å². The molecule has 0 atom stereocenters. The highest BCUT2D eigenvalue weighted by molar-refractivity contribution is 7.97. The van der Waals surface area contributed by atoms with Gasteiger partial charge in [-0.3, -0.25) is 4.79 Å². The van der Waals surface area contributed by atoms with E-state index in [1.165, 1.54) is 17.1 Å².